The van der Waals surface area contributed by atoms with E-state index in [1.807, 2.05) is 32.0 Å². The molecular formula is C18H21F2N5O. The van der Waals surface area contributed by atoms with E-state index in [-0.39, 0.29) is 11.5 Å². The van der Waals surface area contributed by atoms with Crippen molar-refractivity contribution in [2.45, 2.75) is 6.92 Å². The van der Waals surface area contributed by atoms with E-state index in [4.69, 9.17) is 0 Å². The molecular weight excluding hydrogens is 340 g/mol. The van der Waals surface area contributed by atoms with E-state index in [1.54, 1.807) is 4.90 Å². The molecule has 1 saturated heterocycles. The lowest BCUT2D eigenvalue weighted by molar-refractivity contribution is 0.0746. The van der Waals surface area contributed by atoms with Crippen LogP contribution >= 0.6 is 0 Å². The van der Waals surface area contributed by atoms with Gasteiger partial charge >= 0.3 is 0 Å². The number of nitrogens with zero attached hydrogens (tertiary/aromatic N) is 5. The molecule has 2 heterocycles. The summed E-state index contributed by atoms with van der Waals surface area (Å²) in [6.07, 6.45) is 0. The Morgan fingerprint density at radius 2 is 1.73 bits per heavy atom. The van der Waals surface area contributed by atoms with Crippen LogP contribution < -0.4 is 9.80 Å². The minimum atomic E-state index is -1.01. The SMILES string of the molecule is Cc1nc(N(C)C)cc(N2CCN(C(=O)c3ccc(F)c(F)c3)CC2)n1. The largest absolute Gasteiger partial charge is 0.363 e. The van der Waals surface area contributed by atoms with Crippen molar-refractivity contribution in [1.29, 1.82) is 0 Å². The molecule has 0 unspecified atom stereocenters. The van der Waals surface area contributed by atoms with Gasteiger partial charge in [0.2, 0.25) is 0 Å². The summed E-state index contributed by atoms with van der Waals surface area (Å²) in [5, 5.41) is 0. The summed E-state index contributed by atoms with van der Waals surface area (Å²) in [5.74, 6) is 0.0705. The third-order valence-electron chi connectivity index (χ3n) is 4.33. The van der Waals surface area contributed by atoms with Crippen LogP contribution in [0.2, 0.25) is 0 Å². The molecule has 3 rings (SSSR count). The Morgan fingerprint density at radius 1 is 1.04 bits per heavy atom. The molecule has 138 valence electrons. The second-order valence-electron chi connectivity index (χ2n) is 6.43. The zero-order valence-electron chi connectivity index (χ0n) is 15.0. The molecule has 0 saturated carbocycles. The molecule has 6 nitrogen and oxygen atoms in total. The molecule has 0 bridgehead atoms. The summed E-state index contributed by atoms with van der Waals surface area (Å²) in [6.45, 7) is 4.03. The van der Waals surface area contributed by atoms with Crippen LogP contribution in [0.1, 0.15) is 16.2 Å². The fraction of sp³-hybridized carbons (Fsp3) is 0.389. The number of aryl methyl sites for hydroxylation is 1. The fourth-order valence-electron chi connectivity index (χ4n) is 2.88. The van der Waals surface area contributed by atoms with Crippen molar-refractivity contribution >= 4 is 17.5 Å². The second kappa shape index (κ2) is 7.23. The predicted octanol–water partition coefficient (Wildman–Crippen LogP) is 2.09. The molecule has 0 aliphatic carbocycles. The minimum absolute atomic E-state index is 0.158. The van der Waals surface area contributed by atoms with E-state index in [0.717, 1.165) is 23.8 Å². The number of hydrogen-bond acceptors (Lipinski definition) is 5. The number of aromatic nitrogens is 2. The van der Waals surface area contributed by atoms with E-state index in [1.165, 1.54) is 6.07 Å². The van der Waals surface area contributed by atoms with E-state index >= 15 is 0 Å². The zero-order chi connectivity index (χ0) is 18.8. The van der Waals surface area contributed by atoms with Crippen LogP contribution in [0.5, 0.6) is 0 Å². The topological polar surface area (TPSA) is 52.6 Å². The van der Waals surface area contributed by atoms with Gasteiger partial charge in [0.1, 0.15) is 17.5 Å². The smallest absolute Gasteiger partial charge is 0.254 e. The van der Waals surface area contributed by atoms with Crippen molar-refractivity contribution in [3.63, 3.8) is 0 Å². The molecule has 1 fully saturated rings. The Bertz CT molecular complexity index is 819. The Morgan fingerprint density at radius 3 is 2.35 bits per heavy atom. The fourth-order valence-corrected chi connectivity index (χ4v) is 2.88. The molecule has 26 heavy (non-hydrogen) atoms. The molecule has 2 aromatic rings. The number of anilines is 2. The van der Waals surface area contributed by atoms with Gasteiger partial charge in [-0.2, -0.15) is 0 Å². The van der Waals surface area contributed by atoms with Gasteiger partial charge in [-0.1, -0.05) is 0 Å². The van der Waals surface area contributed by atoms with Crippen LogP contribution in [0.25, 0.3) is 0 Å². The molecule has 0 atom stereocenters. The molecule has 1 amide bonds. The third-order valence-corrected chi connectivity index (χ3v) is 4.33. The normalized spacial score (nSPS) is 14.5. The van der Waals surface area contributed by atoms with Crippen molar-refractivity contribution in [2.24, 2.45) is 0 Å². The zero-order valence-corrected chi connectivity index (χ0v) is 15.0. The van der Waals surface area contributed by atoms with Gasteiger partial charge in [-0.3, -0.25) is 4.79 Å². The van der Waals surface area contributed by atoms with E-state index < -0.39 is 11.6 Å². The minimum Gasteiger partial charge on any atom is -0.363 e. The number of benzene rings is 1. The van der Waals surface area contributed by atoms with Gasteiger partial charge in [0.25, 0.3) is 5.91 Å². The molecule has 0 radical (unpaired) electrons. The average Bonchev–Trinajstić information content (AvgIpc) is 2.63. The second-order valence-corrected chi connectivity index (χ2v) is 6.43. The van der Waals surface area contributed by atoms with Crippen LogP contribution in [-0.4, -0.2) is 61.0 Å². The highest BCUT2D eigenvalue weighted by Crippen LogP contribution is 2.20. The summed E-state index contributed by atoms with van der Waals surface area (Å²) in [5.41, 5.74) is 0.158. The van der Waals surface area contributed by atoms with Crippen LogP contribution in [-0.2, 0) is 0 Å². The van der Waals surface area contributed by atoms with E-state index in [9.17, 15) is 13.6 Å². The van der Waals surface area contributed by atoms with Gasteiger partial charge in [0, 0.05) is 51.9 Å². The van der Waals surface area contributed by atoms with Crippen molar-refractivity contribution in [1.82, 2.24) is 14.9 Å². The molecule has 1 aromatic heterocycles. The van der Waals surface area contributed by atoms with Gasteiger partial charge in [0.05, 0.1) is 0 Å². The molecule has 8 heteroatoms. The first-order valence-corrected chi connectivity index (χ1v) is 8.37. The van der Waals surface area contributed by atoms with Gasteiger partial charge < -0.3 is 14.7 Å². The lowest BCUT2D eigenvalue weighted by Gasteiger charge is -2.35. The van der Waals surface area contributed by atoms with Crippen molar-refractivity contribution in [2.75, 3.05) is 50.1 Å². The number of piperazine rings is 1. The Hall–Kier alpha value is -2.77. The average molecular weight is 361 g/mol. The van der Waals surface area contributed by atoms with Crippen LogP contribution in [0, 0.1) is 18.6 Å². The molecule has 0 N–H and O–H groups in total. The summed E-state index contributed by atoms with van der Waals surface area (Å²) in [4.78, 5) is 27.0. The Labute approximate surface area is 151 Å². The summed E-state index contributed by atoms with van der Waals surface area (Å²) >= 11 is 0. The first-order valence-electron chi connectivity index (χ1n) is 8.37. The number of rotatable bonds is 3. The first-order chi connectivity index (χ1) is 12.3. The maximum Gasteiger partial charge on any atom is 0.254 e. The van der Waals surface area contributed by atoms with Gasteiger partial charge in [0.15, 0.2) is 11.6 Å². The Kier molecular flexibility index (Phi) is 5.01. The highest BCUT2D eigenvalue weighted by atomic mass is 19.2. The summed E-state index contributed by atoms with van der Waals surface area (Å²) in [6, 6.07) is 5.15. The summed E-state index contributed by atoms with van der Waals surface area (Å²) < 4.78 is 26.4. The maximum atomic E-state index is 13.4. The molecule has 0 spiro atoms. The lowest BCUT2D eigenvalue weighted by Crippen LogP contribution is -2.49. The van der Waals surface area contributed by atoms with Crippen molar-refractivity contribution in [3.8, 4) is 0 Å². The number of amides is 1. The molecule has 1 aliphatic rings. The van der Waals surface area contributed by atoms with Gasteiger partial charge in [-0.15, -0.1) is 0 Å². The highest BCUT2D eigenvalue weighted by Gasteiger charge is 2.24. The van der Waals surface area contributed by atoms with Gasteiger partial charge in [-0.25, -0.2) is 18.7 Å². The monoisotopic (exact) mass is 361 g/mol. The number of halogens is 2. The van der Waals surface area contributed by atoms with E-state index in [0.29, 0.717) is 32.0 Å². The standard InChI is InChI=1S/C18H21F2N5O/c1-12-21-16(23(2)3)11-17(22-12)24-6-8-25(9-7-24)18(26)13-4-5-14(19)15(20)10-13/h4-5,10-11H,6-9H2,1-3H3. The van der Waals surface area contributed by atoms with Crippen LogP contribution in [0.4, 0.5) is 20.4 Å². The first kappa shape index (κ1) is 18.0. The Balaban J connectivity index is 1.69. The number of hydrogen-bond donors (Lipinski definition) is 0. The lowest BCUT2D eigenvalue weighted by atomic mass is 10.1. The predicted molar refractivity (Wildman–Crippen MR) is 95.6 cm³/mol. The van der Waals surface area contributed by atoms with Crippen molar-refractivity contribution < 1.29 is 13.6 Å². The quantitative estimate of drug-likeness (QED) is 0.838. The third kappa shape index (κ3) is 3.74. The van der Waals surface area contributed by atoms with Crippen LogP contribution in [0.15, 0.2) is 24.3 Å². The molecule has 1 aliphatic heterocycles. The maximum absolute atomic E-state index is 13.4. The van der Waals surface area contributed by atoms with Gasteiger partial charge in [-0.05, 0) is 25.1 Å². The number of carbonyl (C=O) groups excluding carboxylic acids is 1. The highest BCUT2D eigenvalue weighted by molar-refractivity contribution is 5.94. The molecule has 1 aromatic carbocycles. The summed E-state index contributed by atoms with van der Waals surface area (Å²) in [7, 11) is 3.84. The van der Waals surface area contributed by atoms with Crippen molar-refractivity contribution in [3.05, 3.63) is 47.3 Å². The van der Waals surface area contributed by atoms with E-state index in [2.05, 4.69) is 14.9 Å². The number of carbonyl (C=O) groups is 1. The van der Waals surface area contributed by atoms with Crippen LogP contribution in [0.3, 0.4) is 0 Å².